The molecule has 0 aliphatic carbocycles. The Hall–Kier alpha value is -4.11. The first-order valence-electron chi connectivity index (χ1n) is 13.7. The molecule has 0 radical (unpaired) electrons. The van der Waals surface area contributed by atoms with Gasteiger partial charge in [0.15, 0.2) is 5.57 Å². The van der Waals surface area contributed by atoms with Gasteiger partial charge in [0.25, 0.3) is 11.5 Å². The molecule has 1 aliphatic heterocycles. The molecule has 2 heterocycles. The highest BCUT2D eigenvalue weighted by atomic mass is 35.5. The molecule has 1 fully saturated rings. The number of nitrogens with zero attached hydrogens (tertiary/aromatic N) is 5. The van der Waals surface area contributed by atoms with Gasteiger partial charge in [-0.3, -0.25) is 23.9 Å². The molecule has 1 aromatic heterocycles. The van der Waals surface area contributed by atoms with Crippen LogP contribution >= 0.6 is 22.9 Å². The van der Waals surface area contributed by atoms with Crippen LogP contribution in [0.5, 0.6) is 0 Å². The van der Waals surface area contributed by atoms with Crippen molar-refractivity contribution in [3.63, 3.8) is 0 Å². The fraction of sp³-hybridized carbons (Fsp3) is 0.333. The SMILES string of the molecule is CCNC(=O)/C(C#N)=c1\s/c(=C/Nc2cccc(N(C)C(=O)CN3CCN(c4ccccc4Cl)CC3)c2)c(=O)n1CC. The van der Waals surface area contributed by atoms with Gasteiger partial charge in [-0.1, -0.05) is 29.8 Å². The van der Waals surface area contributed by atoms with E-state index in [0.29, 0.717) is 40.2 Å². The van der Waals surface area contributed by atoms with Crippen LogP contribution in [0, 0.1) is 11.3 Å². The van der Waals surface area contributed by atoms with Crippen LogP contribution < -0.4 is 35.2 Å². The zero-order valence-corrected chi connectivity index (χ0v) is 25.5. The lowest BCUT2D eigenvalue weighted by atomic mass is 10.2. The fourth-order valence-corrected chi connectivity index (χ4v) is 6.03. The number of carbonyl (C=O) groups excluding carboxylic acids is 2. The number of hydrogen-bond donors (Lipinski definition) is 2. The van der Waals surface area contributed by atoms with Crippen molar-refractivity contribution in [2.45, 2.75) is 20.4 Å². The van der Waals surface area contributed by atoms with Gasteiger partial charge in [-0.15, -0.1) is 11.3 Å². The number of para-hydroxylation sites is 1. The molecular weight excluding hydrogens is 574 g/mol. The van der Waals surface area contributed by atoms with Crippen LogP contribution in [0.3, 0.4) is 0 Å². The zero-order valence-electron chi connectivity index (χ0n) is 23.9. The van der Waals surface area contributed by atoms with Crippen LogP contribution in [0.1, 0.15) is 13.8 Å². The topological polar surface area (TPSA) is 114 Å². The monoisotopic (exact) mass is 607 g/mol. The smallest absolute Gasteiger partial charge is 0.270 e. The van der Waals surface area contributed by atoms with Gasteiger partial charge in [0.1, 0.15) is 15.3 Å². The van der Waals surface area contributed by atoms with Crippen molar-refractivity contribution in [1.29, 1.82) is 5.26 Å². The van der Waals surface area contributed by atoms with Crippen LogP contribution in [0.4, 0.5) is 17.1 Å². The highest BCUT2D eigenvalue weighted by molar-refractivity contribution is 7.07. The number of hydrogen-bond acceptors (Lipinski definition) is 8. The Morgan fingerprint density at radius 1 is 1.12 bits per heavy atom. The minimum atomic E-state index is -0.508. The van der Waals surface area contributed by atoms with Crippen LogP contribution in [0.15, 0.2) is 53.3 Å². The number of carbonyl (C=O) groups is 2. The Labute approximate surface area is 253 Å². The number of amides is 2. The summed E-state index contributed by atoms with van der Waals surface area (Å²) in [4.78, 5) is 44.5. The first-order valence-corrected chi connectivity index (χ1v) is 14.9. The molecule has 4 rings (SSSR count). The van der Waals surface area contributed by atoms with E-state index >= 15 is 0 Å². The van der Waals surface area contributed by atoms with Crippen molar-refractivity contribution in [1.82, 2.24) is 14.8 Å². The summed E-state index contributed by atoms with van der Waals surface area (Å²) in [6.07, 6.45) is 1.56. The van der Waals surface area contributed by atoms with E-state index in [4.69, 9.17) is 11.6 Å². The number of nitrogens with one attached hydrogen (secondary N) is 2. The van der Waals surface area contributed by atoms with Gasteiger partial charge >= 0.3 is 0 Å². The lowest BCUT2D eigenvalue weighted by Crippen LogP contribution is -2.49. The molecule has 0 spiro atoms. The second kappa shape index (κ2) is 14.2. The van der Waals surface area contributed by atoms with Gasteiger partial charge in [0.05, 0.1) is 17.3 Å². The Balaban J connectivity index is 1.44. The van der Waals surface area contributed by atoms with E-state index in [1.165, 1.54) is 4.57 Å². The molecule has 0 unspecified atom stereocenters. The molecule has 0 atom stereocenters. The van der Waals surface area contributed by atoms with Crippen molar-refractivity contribution < 1.29 is 9.59 Å². The third-order valence-electron chi connectivity index (χ3n) is 7.02. The molecule has 3 aromatic rings. The predicted molar refractivity (Wildman–Crippen MR) is 169 cm³/mol. The van der Waals surface area contributed by atoms with E-state index in [2.05, 4.69) is 20.4 Å². The lowest BCUT2D eigenvalue weighted by molar-refractivity contribution is -0.119. The molecule has 12 heteroatoms. The van der Waals surface area contributed by atoms with Crippen LogP contribution in [0.25, 0.3) is 11.8 Å². The second-order valence-electron chi connectivity index (χ2n) is 9.67. The Morgan fingerprint density at radius 2 is 1.86 bits per heavy atom. The summed E-state index contributed by atoms with van der Waals surface area (Å²) < 4.78 is 2.09. The standard InChI is InChI=1S/C30H34ClN7O3S/c1-4-33-28(40)23(18-32)30-38(5-2)29(41)26(42-30)19-34-21-9-8-10-22(17-21)35(3)27(39)20-36-13-15-37(16-14-36)25-12-7-6-11-24(25)31/h6-12,17,19,34H,4-5,13-16,20H2,1-3H3,(H,33,40)/b26-19+,30-23-. The molecule has 2 amide bonds. The van der Waals surface area contributed by atoms with E-state index in [1.54, 1.807) is 32.0 Å². The van der Waals surface area contributed by atoms with Gasteiger partial charge in [0, 0.05) is 63.9 Å². The number of anilines is 3. The number of aromatic nitrogens is 1. The number of rotatable bonds is 9. The van der Waals surface area contributed by atoms with E-state index in [1.807, 2.05) is 54.6 Å². The summed E-state index contributed by atoms with van der Waals surface area (Å²) in [5.41, 5.74) is 2.03. The van der Waals surface area contributed by atoms with Gasteiger partial charge < -0.3 is 20.4 Å². The van der Waals surface area contributed by atoms with Gasteiger partial charge in [-0.25, -0.2) is 0 Å². The molecule has 1 saturated heterocycles. The summed E-state index contributed by atoms with van der Waals surface area (Å²) in [6.45, 7) is 7.63. The van der Waals surface area contributed by atoms with Gasteiger partial charge in [-0.05, 0) is 44.2 Å². The minimum Gasteiger partial charge on any atom is -0.368 e. The molecule has 1 aliphatic rings. The highest BCUT2D eigenvalue weighted by Crippen LogP contribution is 2.26. The second-order valence-corrected chi connectivity index (χ2v) is 11.1. The largest absolute Gasteiger partial charge is 0.368 e. The van der Waals surface area contributed by atoms with Crippen LogP contribution in [-0.2, 0) is 16.1 Å². The van der Waals surface area contributed by atoms with Crippen molar-refractivity contribution in [3.8, 4) is 6.07 Å². The summed E-state index contributed by atoms with van der Waals surface area (Å²) >= 11 is 7.44. The Bertz CT molecular complexity index is 1670. The zero-order chi connectivity index (χ0) is 30.2. The summed E-state index contributed by atoms with van der Waals surface area (Å²) in [6, 6.07) is 17.1. The maximum atomic E-state index is 13.1. The predicted octanol–water partition coefficient (Wildman–Crippen LogP) is 2.03. The van der Waals surface area contributed by atoms with Crippen LogP contribution in [-0.4, -0.2) is 67.6 Å². The maximum Gasteiger partial charge on any atom is 0.270 e. The highest BCUT2D eigenvalue weighted by Gasteiger charge is 2.22. The lowest BCUT2D eigenvalue weighted by Gasteiger charge is -2.36. The number of likely N-dealkylation sites (N-methyl/N-ethyl adjacent to an activating group) is 1. The van der Waals surface area contributed by atoms with E-state index in [9.17, 15) is 19.6 Å². The normalized spacial score (nSPS) is 14.7. The van der Waals surface area contributed by atoms with E-state index < -0.39 is 5.91 Å². The number of piperazine rings is 1. The Kier molecular flexibility index (Phi) is 10.4. The molecule has 0 bridgehead atoms. The minimum absolute atomic E-state index is 0.0269. The third kappa shape index (κ3) is 7.02. The first-order chi connectivity index (χ1) is 20.3. The summed E-state index contributed by atoms with van der Waals surface area (Å²) in [5, 5.41) is 16.1. The van der Waals surface area contributed by atoms with E-state index in [-0.39, 0.29) is 17.0 Å². The van der Waals surface area contributed by atoms with Crippen LogP contribution in [0.2, 0.25) is 5.02 Å². The number of nitriles is 1. The number of benzene rings is 2. The molecule has 2 N–H and O–H groups in total. The average molecular weight is 608 g/mol. The van der Waals surface area contributed by atoms with Gasteiger partial charge in [-0.2, -0.15) is 5.26 Å². The van der Waals surface area contributed by atoms with Crippen molar-refractivity contribution in [2.75, 3.05) is 61.4 Å². The number of halogens is 1. The molecule has 2 aromatic carbocycles. The molecule has 42 heavy (non-hydrogen) atoms. The maximum absolute atomic E-state index is 13.1. The van der Waals surface area contributed by atoms with Crippen molar-refractivity contribution in [3.05, 3.63) is 73.1 Å². The van der Waals surface area contributed by atoms with Crippen molar-refractivity contribution >= 4 is 63.6 Å². The number of thiazole rings is 1. The fourth-order valence-electron chi connectivity index (χ4n) is 4.69. The van der Waals surface area contributed by atoms with Gasteiger partial charge in [0.2, 0.25) is 5.91 Å². The van der Waals surface area contributed by atoms with E-state index in [0.717, 1.165) is 48.2 Å². The first kappa shape index (κ1) is 30.8. The quantitative estimate of drug-likeness (QED) is 0.383. The van der Waals surface area contributed by atoms with Crippen molar-refractivity contribution in [2.24, 2.45) is 0 Å². The molecule has 10 nitrogen and oxygen atoms in total. The third-order valence-corrected chi connectivity index (χ3v) is 8.47. The molecule has 0 saturated carbocycles. The molecule has 220 valence electrons. The summed E-state index contributed by atoms with van der Waals surface area (Å²) in [5.74, 6) is -0.535. The Morgan fingerprint density at radius 3 is 2.52 bits per heavy atom. The molecular formula is C30H34ClN7O3S. The summed E-state index contributed by atoms with van der Waals surface area (Å²) in [7, 11) is 1.75. The average Bonchev–Trinajstić information content (AvgIpc) is 3.31.